The second-order valence-corrected chi connectivity index (χ2v) is 7.78. The lowest BCUT2D eigenvalue weighted by Gasteiger charge is -2.19. The monoisotopic (exact) mass is 351 g/mol. The smallest absolute Gasteiger partial charge is 0.191 e. The maximum atomic E-state index is 4.76. The van der Waals surface area contributed by atoms with E-state index in [9.17, 15) is 0 Å². The molecule has 1 unspecified atom stereocenters. The van der Waals surface area contributed by atoms with Crippen LogP contribution < -0.4 is 10.6 Å². The van der Waals surface area contributed by atoms with Crippen LogP contribution in [0.5, 0.6) is 0 Å². The van der Waals surface area contributed by atoms with Gasteiger partial charge in [-0.05, 0) is 45.2 Å². The zero-order valence-corrected chi connectivity index (χ0v) is 16.3. The number of hydrogen-bond acceptors (Lipinski definition) is 4. The first-order valence-electron chi connectivity index (χ1n) is 9.39. The molecule has 2 N–H and O–H groups in total. The predicted octanol–water partition coefficient (Wildman–Crippen LogP) is 2.54. The van der Waals surface area contributed by atoms with Crippen molar-refractivity contribution in [3.8, 4) is 0 Å². The van der Waals surface area contributed by atoms with Crippen LogP contribution in [-0.2, 0) is 12.8 Å². The van der Waals surface area contributed by atoms with Gasteiger partial charge in [0.1, 0.15) is 0 Å². The van der Waals surface area contributed by atoms with Gasteiger partial charge in [0.2, 0.25) is 0 Å². The van der Waals surface area contributed by atoms with E-state index in [2.05, 4.69) is 41.3 Å². The molecule has 0 radical (unpaired) electrons. The van der Waals surface area contributed by atoms with E-state index >= 15 is 0 Å². The van der Waals surface area contributed by atoms with Crippen LogP contribution in [-0.4, -0.2) is 55.1 Å². The summed E-state index contributed by atoms with van der Waals surface area (Å²) in [5, 5.41) is 7.99. The molecule has 1 saturated heterocycles. The first-order valence-corrected chi connectivity index (χ1v) is 10.2. The predicted molar refractivity (Wildman–Crippen MR) is 104 cm³/mol. The maximum absolute atomic E-state index is 4.76. The summed E-state index contributed by atoms with van der Waals surface area (Å²) < 4.78 is 0. The molecule has 0 bridgehead atoms. The van der Waals surface area contributed by atoms with Gasteiger partial charge in [-0.2, -0.15) is 0 Å². The van der Waals surface area contributed by atoms with E-state index in [-0.39, 0.29) is 0 Å². The Morgan fingerprint density at radius 3 is 2.79 bits per heavy atom. The van der Waals surface area contributed by atoms with Crippen LogP contribution in [0.25, 0.3) is 0 Å². The van der Waals surface area contributed by atoms with E-state index in [0.717, 1.165) is 38.4 Å². The molecule has 0 saturated carbocycles. The minimum absolute atomic E-state index is 0.602. The fourth-order valence-corrected chi connectivity index (χ4v) is 3.83. The Morgan fingerprint density at radius 1 is 1.33 bits per heavy atom. The molecule has 0 aliphatic carbocycles. The first kappa shape index (κ1) is 19.2. The molecular weight excluding hydrogens is 318 g/mol. The van der Waals surface area contributed by atoms with Crippen molar-refractivity contribution in [2.75, 3.05) is 39.3 Å². The number of nitrogens with one attached hydrogen (secondary N) is 2. The van der Waals surface area contributed by atoms with Crippen LogP contribution in [0.3, 0.4) is 0 Å². The Balaban J connectivity index is 1.72. The van der Waals surface area contributed by atoms with Crippen molar-refractivity contribution in [1.82, 2.24) is 20.5 Å². The number of guanidine groups is 1. The Hall–Kier alpha value is -1.14. The van der Waals surface area contributed by atoms with E-state index < -0.39 is 0 Å². The van der Waals surface area contributed by atoms with Crippen molar-refractivity contribution in [3.05, 3.63) is 16.1 Å². The van der Waals surface area contributed by atoms with Crippen LogP contribution in [0.15, 0.2) is 11.2 Å². The van der Waals surface area contributed by atoms with Crippen LogP contribution >= 0.6 is 11.3 Å². The van der Waals surface area contributed by atoms with Crippen molar-refractivity contribution in [2.24, 2.45) is 10.9 Å². The number of aryl methyl sites for hydroxylation is 1. The lowest BCUT2D eigenvalue weighted by atomic mass is 10.2. The molecule has 1 aromatic rings. The third-order valence-corrected chi connectivity index (χ3v) is 5.46. The molecule has 2 heterocycles. The fraction of sp³-hybridized carbons (Fsp3) is 0.778. The van der Waals surface area contributed by atoms with Gasteiger partial charge >= 0.3 is 0 Å². The van der Waals surface area contributed by atoms with Crippen molar-refractivity contribution >= 4 is 17.3 Å². The summed E-state index contributed by atoms with van der Waals surface area (Å²) >= 11 is 1.82. The van der Waals surface area contributed by atoms with Gasteiger partial charge < -0.3 is 15.5 Å². The normalized spacial score (nSPS) is 17.2. The highest BCUT2D eigenvalue weighted by atomic mass is 32.1. The SMILES string of the molecule is CCNC(=NCC(C)CN1CCCC1)NCCc1ncc(CC)s1. The van der Waals surface area contributed by atoms with E-state index in [0.29, 0.717) is 5.92 Å². The largest absolute Gasteiger partial charge is 0.357 e. The minimum atomic E-state index is 0.602. The van der Waals surface area contributed by atoms with Crippen LogP contribution in [0.1, 0.15) is 43.5 Å². The summed E-state index contributed by atoms with van der Waals surface area (Å²) in [6.45, 7) is 12.9. The molecule has 2 rings (SSSR count). The fourth-order valence-electron chi connectivity index (χ4n) is 2.97. The van der Waals surface area contributed by atoms with Crippen LogP contribution in [0, 0.1) is 5.92 Å². The number of hydrogen-bond donors (Lipinski definition) is 2. The van der Waals surface area contributed by atoms with Crippen LogP contribution in [0.4, 0.5) is 0 Å². The molecule has 0 amide bonds. The van der Waals surface area contributed by atoms with E-state index in [1.807, 2.05) is 17.5 Å². The highest BCUT2D eigenvalue weighted by Crippen LogP contribution is 2.13. The van der Waals surface area contributed by atoms with Gasteiger partial charge in [-0.1, -0.05) is 13.8 Å². The average molecular weight is 352 g/mol. The summed E-state index contributed by atoms with van der Waals surface area (Å²) in [5.74, 6) is 1.53. The molecule has 1 aliphatic heterocycles. The summed E-state index contributed by atoms with van der Waals surface area (Å²) in [5.41, 5.74) is 0. The number of nitrogens with zero attached hydrogens (tertiary/aromatic N) is 3. The topological polar surface area (TPSA) is 52.6 Å². The average Bonchev–Trinajstić information content (AvgIpc) is 3.24. The lowest BCUT2D eigenvalue weighted by molar-refractivity contribution is 0.291. The Morgan fingerprint density at radius 2 is 2.12 bits per heavy atom. The second-order valence-electron chi connectivity index (χ2n) is 6.58. The standard InChI is InChI=1S/C18H33N5S/c1-4-16-13-21-17(24-16)8-9-20-18(19-5-2)22-12-15(3)14-23-10-6-7-11-23/h13,15H,4-12,14H2,1-3H3,(H2,19,20,22). The van der Waals surface area contributed by atoms with E-state index in [1.54, 1.807) is 0 Å². The molecule has 1 fully saturated rings. The Kier molecular flexibility index (Phi) is 8.53. The molecule has 0 spiro atoms. The second kappa shape index (κ2) is 10.7. The molecule has 24 heavy (non-hydrogen) atoms. The summed E-state index contributed by atoms with van der Waals surface area (Å²) in [6.07, 6.45) is 6.75. The van der Waals surface area contributed by atoms with Gasteiger partial charge in [0, 0.05) is 43.7 Å². The highest BCUT2D eigenvalue weighted by molar-refractivity contribution is 7.11. The van der Waals surface area contributed by atoms with Gasteiger partial charge in [-0.3, -0.25) is 4.99 Å². The van der Waals surface area contributed by atoms with Crippen molar-refractivity contribution in [3.63, 3.8) is 0 Å². The van der Waals surface area contributed by atoms with Gasteiger partial charge in [0.25, 0.3) is 0 Å². The zero-order chi connectivity index (χ0) is 17.2. The summed E-state index contributed by atoms with van der Waals surface area (Å²) in [4.78, 5) is 13.2. The third-order valence-electron chi connectivity index (χ3n) is 4.26. The van der Waals surface area contributed by atoms with Crippen molar-refractivity contribution in [2.45, 2.75) is 46.5 Å². The summed E-state index contributed by atoms with van der Waals surface area (Å²) in [6, 6.07) is 0. The van der Waals surface area contributed by atoms with Gasteiger partial charge in [0.15, 0.2) is 5.96 Å². The molecular formula is C18H33N5S. The highest BCUT2D eigenvalue weighted by Gasteiger charge is 2.14. The number of rotatable bonds is 9. The molecule has 136 valence electrons. The van der Waals surface area contributed by atoms with Gasteiger partial charge in [-0.25, -0.2) is 4.98 Å². The molecule has 1 aliphatic rings. The molecule has 0 aromatic carbocycles. The molecule has 5 nitrogen and oxygen atoms in total. The number of likely N-dealkylation sites (tertiary alicyclic amines) is 1. The van der Waals surface area contributed by atoms with E-state index in [4.69, 9.17) is 4.99 Å². The molecule has 1 aromatic heterocycles. The first-order chi connectivity index (χ1) is 11.7. The number of thiazole rings is 1. The third kappa shape index (κ3) is 6.77. The van der Waals surface area contributed by atoms with Gasteiger partial charge in [0.05, 0.1) is 5.01 Å². The molecule has 1 atom stereocenters. The number of aliphatic imine (C=N–C) groups is 1. The lowest BCUT2D eigenvalue weighted by Crippen LogP contribution is -2.39. The van der Waals surface area contributed by atoms with Crippen LogP contribution in [0.2, 0.25) is 0 Å². The van der Waals surface area contributed by atoms with E-state index in [1.165, 1.54) is 42.4 Å². The molecule has 6 heteroatoms. The Labute approximate surface area is 151 Å². The Bertz CT molecular complexity index is 493. The minimum Gasteiger partial charge on any atom is -0.357 e. The van der Waals surface area contributed by atoms with Crippen molar-refractivity contribution < 1.29 is 0 Å². The number of aromatic nitrogens is 1. The summed E-state index contributed by atoms with van der Waals surface area (Å²) in [7, 11) is 0. The maximum Gasteiger partial charge on any atom is 0.191 e. The quantitative estimate of drug-likeness (QED) is 0.530. The van der Waals surface area contributed by atoms with Crippen molar-refractivity contribution in [1.29, 1.82) is 0 Å². The zero-order valence-electron chi connectivity index (χ0n) is 15.5. The van der Waals surface area contributed by atoms with Gasteiger partial charge in [-0.15, -0.1) is 11.3 Å².